The first-order chi connectivity index (χ1) is 8.29. The second-order valence-electron chi connectivity index (χ2n) is 4.32. The number of hydrogen-bond acceptors (Lipinski definition) is 2. The normalized spacial score (nSPS) is 12.6. The van der Waals surface area contributed by atoms with Gasteiger partial charge in [0.15, 0.2) is 0 Å². The molecule has 0 radical (unpaired) electrons. The molecule has 2 N–H and O–H groups in total. The van der Waals surface area contributed by atoms with E-state index in [4.69, 9.17) is 10.2 Å². The average Bonchev–Trinajstić information content (AvgIpc) is 2.89. The van der Waals surface area contributed by atoms with Crippen LogP contribution in [-0.2, 0) is 12.8 Å². The summed E-state index contributed by atoms with van der Waals surface area (Å²) in [6.45, 7) is 2.16. The fourth-order valence-corrected chi connectivity index (χ4v) is 1.92. The van der Waals surface area contributed by atoms with Crippen LogP contribution in [0.5, 0.6) is 0 Å². The van der Waals surface area contributed by atoms with E-state index in [0.29, 0.717) is 0 Å². The van der Waals surface area contributed by atoms with Gasteiger partial charge in [0.1, 0.15) is 5.76 Å². The number of hydrogen-bond donors (Lipinski definition) is 1. The molecule has 2 nitrogen and oxygen atoms in total. The van der Waals surface area contributed by atoms with Crippen LogP contribution in [0.15, 0.2) is 47.1 Å². The average molecular weight is 229 g/mol. The lowest BCUT2D eigenvalue weighted by atomic mass is 10.0. The minimum absolute atomic E-state index is 0.0889. The van der Waals surface area contributed by atoms with Gasteiger partial charge in [-0.05, 0) is 36.1 Å². The Morgan fingerprint density at radius 1 is 1.18 bits per heavy atom. The first-order valence-corrected chi connectivity index (χ1v) is 6.16. The molecule has 2 aromatic rings. The summed E-state index contributed by atoms with van der Waals surface area (Å²) < 4.78 is 5.30. The van der Waals surface area contributed by atoms with Crippen molar-refractivity contribution in [3.05, 3.63) is 59.5 Å². The molecule has 0 saturated carbocycles. The Morgan fingerprint density at radius 3 is 2.53 bits per heavy atom. The van der Waals surface area contributed by atoms with Crippen molar-refractivity contribution in [2.24, 2.45) is 5.73 Å². The summed E-state index contributed by atoms with van der Waals surface area (Å²) in [5.74, 6) is 1.01. The molecule has 0 amide bonds. The van der Waals surface area contributed by atoms with E-state index in [1.54, 1.807) is 6.26 Å². The fourth-order valence-electron chi connectivity index (χ4n) is 1.92. The maximum absolute atomic E-state index is 6.16. The molecule has 1 unspecified atom stereocenters. The molecule has 0 aliphatic carbocycles. The molecule has 90 valence electrons. The summed E-state index contributed by atoms with van der Waals surface area (Å²) in [5.41, 5.74) is 8.72. The van der Waals surface area contributed by atoms with E-state index in [2.05, 4.69) is 31.2 Å². The number of benzene rings is 1. The molecular weight excluding hydrogens is 210 g/mol. The van der Waals surface area contributed by atoms with Crippen LogP contribution < -0.4 is 5.73 Å². The van der Waals surface area contributed by atoms with E-state index in [1.807, 2.05) is 12.1 Å². The van der Waals surface area contributed by atoms with E-state index in [0.717, 1.165) is 25.0 Å². The molecule has 0 spiro atoms. The standard InChI is InChI=1S/C15H19NO/c1-2-12-5-7-13(8-6-12)15(16)10-9-14-4-3-11-17-14/h3-8,11,15H,2,9-10,16H2,1H3. The quantitative estimate of drug-likeness (QED) is 0.852. The molecule has 1 aromatic carbocycles. The van der Waals surface area contributed by atoms with E-state index >= 15 is 0 Å². The van der Waals surface area contributed by atoms with Crippen molar-refractivity contribution in [1.29, 1.82) is 0 Å². The smallest absolute Gasteiger partial charge is 0.103 e. The third kappa shape index (κ3) is 3.21. The van der Waals surface area contributed by atoms with Crippen molar-refractivity contribution in [3.63, 3.8) is 0 Å². The lowest BCUT2D eigenvalue weighted by Gasteiger charge is -2.11. The topological polar surface area (TPSA) is 39.2 Å². The van der Waals surface area contributed by atoms with Gasteiger partial charge < -0.3 is 10.2 Å². The maximum atomic E-state index is 6.16. The zero-order chi connectivity index (χ0) is 12.1. The van der Waals surface area contributed by atoms with Crippen LogP contribution in [0, 0.1) is 0 Å². The van der Waals surface area contributed by atoms with Gasteiger partial charge in [0.05, 0.1) is 6.26 Å². The number of rotatable bonds is 5. The van der Waals surface area contributed by atoms with Crippen LogP contribution in [-0.4, -0.2) is 0 Å². The summed E-state index contributed by atoms with van der Waals surface area (Å²) in [7, 11) is 0. The molecule has 0 aliphatic heterocycles. The molecule has 1 aromatic heterocycles. The lowest BCUT2D eigenvalue weighted by molar-refractivity contribution is 0.488. The molecule has 0 saturated heterocycles. The summed E-state index contributed by atoms with van der Waals surface area (Å²) >= 11 is 0. The highest BCUT2D eigenvalue weighted by Crippen LogP contribution is 2.17. The first-order valence-electron chi connectivity index (χ1n) is 6.16. The summed E-state index contributed by atoms with van der Waals surface area (Å²) in [6, 6.07) is 12.6. The lowest BCUT2D eigenvalue weighted by Crippen LogP contribution is -2.11. The molecular formula is C15H19NO. The van der Waals surface area contributed by atoms with Gasteiger partial charge in [-0.25, -0.2) is 0 Å². The number of furan rings is 1. The maximum Gasteiger partial charge on any atom is 0.103 e. The monoisotopic (exact) mass is 229 g/mol. The van der Waals surface area contributed by atoms with Gasteiger partial charge in [-0.2, -0.15) is 0 Å². The Morgan fingerprint density at radius 2 is 1.94 bits per heavy atom. The van der Waals surface area contributed by atoms with Gasteiger partial charge in [-0.1, -0.05) is 31.2 Å². The Kier molecular flexibility index (Phi) is 3.99. The van der Waals surface area contributed by atoms with Crippen LogP contribution in [0.3, 0.4) is 0 Å². The SMILES string of the molecule is CCc1ccc(C(N)CCc2ccco2)cc1. The van der Waals surface area contributed by atoms with E-state index in [1.165, 1.54) is 11.1 Å². The zero-order valence-corrected chi connectivity index (χ0v) is 10.2. The Balaban J connectivity index is 1.92. The van der Waals surface area contributed by atoms with Gasteiger partial charge in [0.2, 0.25) is 0 Å². The molecule has 1 heterocycles. The van der Waals surface area contributed by atoms with Gasteiger partial charge in [-0.15, -0.1) is 0 Å². The van der Waals surface area contributed by atoms with Crippen LogP contribution >= 0.6 is 0 Å². The summed E-state index contributed by atoms with van der Waals surface area (Å²) in [4.78, 5) is 0. The summed E-state index contributed by atoms with van der Waals surface area (Å²) in [6.07, 6.45) is 4.58. The van der Waals surface area contributed by atoms with Crippen molar-refractivity contribution in [3.8, 4) is 0 Å². The highest BCUT2D eigenvalue weighted by molar-refractivity contribution is 5.24. The molecule has 17 heavy (non-hydrogen) atoms. The van der Waals surface area contributed by atoms with Gasteiger partial charge >= 0.3 is 0 Å². The molecule has 2 heteroatoms. The fraction of sp³-hybridized carbons (Fsp3) is 0.333. The van der Waals surface area contributed by atoms with Gasteiger partial charge in [-0.3, -0.25) is 0 Å². The second-order valence-corrected chi connectivity index (χ2v) is 4.32. The van der Waals surface area contributed by atoms with Crippen molar-refractivity contribution < 1.29 is 4.42 Å². The van der Waals surface area contributed by atoms with Gasteiger partial charge in [0.25, 0.3) is 0 Å². The zero-order valence-electron chi connectivity index (χ0n) is 10.2. The number of nitrogens with two attached hydrogens (primary N) is 1. The Bertz CT molecular complexity index is 430. The van der Waals surface area contributed by atoms with Crippen molar-refractivity contribution >= 4 is 0 Å². The van der Waals surface area contributed by atoms with Crippen molar-refractivity contribution in [2.45, 2.75) is 32.2 Å². The predicted molar refractivity (Wildman–Crippen MR) is 69.8 cm³/mol. The van der Waals surface area contributed by atoms with Crippen molar-refractivity contribution in [2.75, 3.05) is 0 Å². The van der Waals surface area contributed by atoms with Crippen LogP contribution in [0.4, 0.5) is 0 Å². The molecule has 1 atom stereocenters. The minimum Gasteiger partial charge on any atom is -0.469 e. The second kappa shape index (κ2) is 5.69. The van der Waals surface area contributed by atoms with E-state index < -0.39 is 0 Å². The van der Waals surface area contributed by atoms with E-state index in [-0.39, 0.29) is 6.04 Å². The minimum atomic E-state index is 0.0889. The summed E-state index contributed by atoms with van der Waals surface area (Å²) in [5, 5.41) is 0. The molecule has 2 rings (SSSR count). The highest BCUT2D eigenvalue weighted by atomic mass is 16.3. The molecule has 0 bridgehead atoms. The Hall–Kier alpha value is -1.54. The predicted octanol–water partition coefficient (Wildman–Crippen LogP) is 3.47. The molecule has 0 fully saturated rings. The van der Waals surface area contributed by atoms with Crippen LogP contribution in [0.25, 0.3) is 0 Å². The van der Waals surface area contributed by atoms with Crippen molar-refractivity contribution in [1.82, 2.24) is 0 Å². The molecule has 0 aliphatic rings. The largest absolute Gasteiger partial charge is 0.469 e. The third-order valence-electron chi connectivity index (χ3n) is 3.10. The first kappa shape index (κ1) is 11.9. The third-order valence-corrected chi connectivity index (χ3v) is 3.10. The highest BCUT2D eigenvalue weighted by Gasteiger charge is 2.07. The van der Waals surface area contributed by atoms with Gasteiger partial charge in [0, 0.05) is 12.5 Å². The van der Waals surface area contributed by atoms with Crippen LogP contribution in [0.2, 0.25) is 0 Å². The van der Waals surface area contributed by atoms with Crippen LogP contribution in [0.1, 0.15) is 36.3 Å². The number of aryl methyl sites for hydroxylation is 2. The van der Waals surface area contributed by atoms with E-state index in [9.17, 15) is 0 Å². The Labute approximate surface area is 102 Å².